The summed E-state index contributed by atoms with van der Waals surface area (Å²) in [6.45, 7) is 8.27. The average Bonchev–Trinajstić information content (AvgIpc) is 2.40. The van der Waals surface area contributed by atoms with Gasteiger partial charge in [0.2, 0.25) is 0 Å². The standard InChI is InChI=1S/C16H27N3O/c1-5-13(6-2)12(4)18-16(20)19-15-9-7-8-14(10-15)11(3)17/h7-13H,5-6,17H2,1-4H3,(H2,18,19,20). The Kier molecular flexibility index (Phi) is 6.52. The van der Waals surface area contributed by atoms with Gasteiger partial charge in [0, 0.05) is 17.8 Å². The van der Waals surface area contributed by atoms with Gasteiger partial charge in [-0.2, -0.15) is 0 Å². The molecule has 0 aromatic heterocycles. The van der Waals surface area contributed by atoms with Crippen LogP contribution in [-0.2, 0) is 0 Å². The predicted molar refractivity (Wildman–Crippen MR) is 84.7 cm³/mol. The van der Waals surface area contributed by atoms with Gasteiger partial charge in [-0.25, -0.2) is 4.79 Å². The maximum absolute atomic E-state index is 12.0. The van der Waals surface area contributed by atoms with Crippen molar-refractivity contribution in [1.82, 2.24) is 5.32 Å². The summed E-state index contributed by atoms with van der Waals surface area (Å²) in [7, 11) is 0. The van der Waals surface area contributed by atoms with Crippen LogP contribution in [0.2, 0.25) is 0 Å². The van der Waals surface area contributed by atoms with Crippen molar-refractivity contribution in [3.63, 3.8) is 0 Å². The molecule has 4 heteroatoms. The summed E-state index contributed by atoms with van der Waals surface area (Å²) in [6, 6.07) is 7.61. The van der Waals surface area contributed by atoms with Crippen LogP contribution in [0.1, 0.15) is 52.1 Å². The topological polar surface area (TPSA) is 67.2 Å². The van der Waals surface area contributed by atoms with Gasteiger partial charge >= 0.3 is 6.03 Å². The van der Waals surface area contributed by atoms with Crippen molar-refractivity contribution in [1.29, 1.82) is 0 Å². The molecule has 0 saturated carbocycles. The predicted octanol–water partition coefficient (Wildman–Crippen LogP) is 3.65. The van der Waals surface area contributed by atoms with Crippen molar-refractivity contribution in [2.24, 2.45) is 11.7 Å². The van der Waals surface area contributed by atoms with Crippen molar-refractivity contribution in [3.8, 4) is 0 Å². The highest BCUT2D eigenvalue weighted by Crippen LogP contribution is 2.16. The van der Waals surface area contributed by atoms with Gasteiger partial charge in [0.1, 0.15) is 0 Å². The number of urea groups is 1. The summed E-state index contributed by atoms with van der Waals surface area (Å²) < 4.78 is 0. The Morgan fingerprint density at radius 3 is 2.45 bits per heavy atom. The lowest BCUT2D eigenvalue weighted by atomic mass is 9.96. The van der Waals surface area contributed by atoms with Crippen LogP contribution in [0.3, 0.4) is 0 Å². The number of hydrogen-bond donors (Lipinski definition) is 3. The summed E-state index contributed by atoms with van der Waals surface area (Å²) >= 11 is 0. The molecule has 0 radical (unpaired) electrons. The third kappa shape index (κ3) is 4.85. The van der Waals surface area contributed by atoms with Gasteiger partial charge in [0.25, 0.3) is 0 Å². The molecule has 0 aliphatic heterocycles. The minimum Gasteiger partial charge on any atom is -0.335 e. The fourth-order valence-electron chi connectivity index (χ4n) is 2.39. The monoisotopic (exact) mass is 277 g/mol. The molecule has 0 spiro atoms. The van der Waals surface area contributed by atoms with Gasteiger partial charge in [-0.1, -0.05) is 38.8 Å². The van der Waals surface area contributed by atoms with Gasteiger partial charge in [0.15, 0.2) is 0 Å². The number of amides is 2. The zero-order valence-corrected chi connectivity index (χ0v) is 12.9. The van der Waals surface area contributed by atoms with Crippen LogP contribution in [0.4, 0.5) is 10.5 Å². The highest BCUT2D eigenvalue weighted by molar-refractivity contribution is 5.89. The second-order valence-electron chi connectivity index (χ2n) is 5.38. The average molecular weight is 277 g/mol. The smallest absolute Gasteiger partial charge is 0.319 e. The van der Waals surface area contributed by atoms with Crippen molar-refractivity contribution in [3.05, 3.63) is 29.8 Å². The van der Waals surface area contributed by atoms with E-state index >= 15 is 0 Å². The van der Waals surface area contributed by atoms with E-state index < -0.39 is 0 Å². The number of carbonyl (C=O) groups is 1. The minimum absolute atomic E-state index is 0.0386. The molecule has 1 aromatic rings. The molecular weight excluding hydrogens is 250 g/mol. The summed E-state index contributed by atoms with van der Waals surface area (Å²) in [5, 5.41) is 5.86. The Hall–Kier alpha value is -1.55. The molecule has 0 aliphatic carbocycles. The highest BCUT2D eigenvalue weighted by atomic mass is 16.2. The second-order valence-corrected chi connectivity index (χ2v) is 5.38. The minimum atomic E-state index is -0.161. The highest BCUT2D eigenvalue weighted by Gasteiger charge is 2.15. The van der Waals surface area contributed by atoms with Gasteiger partial charge in [0.05, 0.1) is 0 Å². The molecule has 1 rings (SSSR count). The second kappa shape index (κ2) is 7.90. The molecule has 0 fully saturated rings. The van der Waals surface area contributed by atoms with Crippen molar-refractivity contribution >= 4 is 11.7 Å². The Balaban J connectivity index is 2.60. The summed E-state index contributed by atoms with van der Waals surface area (Å²) in [5.41, 5.74) is 7.62. The summed E-state index contributed by atoms with van der Waals surface area (Å²) in [6.07, 6.45) is 2.14. The van der Waals surface area contributed by atoms with E-state index in [2.05, 4.69) is 31.4 Å². The molecule has 1 aromatic carbocycles. The zero-order chi connectivity index (χ0) is 15.1. The van der Waals surface area contributed by atoms with Crippen molar-refractivity contribution in [2.45, 2.75) is 52.6 Å². The fourth-order valence-corrected chi connectivity index (χ4v) is 2.39. The van der Waals surface area contributed by atoms with E-state index in [9.17, 15) is 4.79 Å². The van der Waals surface area contributed by atoms with E-state index in [1.807, 2.05) is 31.2 Å². The van der Waals surface area contributed by atoms with Gasteiger partial charge in [-0.3, -0.25) is 0 Å². The molecule has 112 valence electrons. The Labute approximate surface area is 122 Å². The Morgan fingerprint density at radius 2 is 1.90 bits per heavy atom. The van der Waals surface area contributed by atoms with Gasteiger partial charge in [-0.15, -0.1) is 0 Å². The first-order chi connectivity index (χ1) is 9.47. The van der Waals surface area contributed by atoms with E-state index in [4.69, 9.17) is 5.73 Å². The van der Waals surface area contributed by atoms with Crippen LogP contribution in [0.15, 0.2) is 24.3 Å². The largest absolute Gasteiger partial charge is 0.335 e. The van der Waals surface area contributed by atoms with Crippen LogP contribution < -0.4 is 16.4 Å². The summed E-state index contributed by atoms with van der Waals surface area (Å²) in [4.78, 5) is 12.0. The van der Waals surface area contributed by atoms with Crippen LogP contribution in [0.25, 0.3) is 0 Å². The molecular formula is C16H27N3O. The van der Waals surface area contributed by atoms with Crippen LogP contribution in [0.5, 0.6) is 0 Å². The molecule has 0 bridgehead atoms. The quantitative estimate of drug-likeness (QED) is 0.743. The molecule has 20 heavy (non-hydrogen) atoms. The third-order valence-corrected chi connectivity index (χ3v) is 3.78. The lowest BCUT2D eigenvalue weighted by Gasteiger charge is -2.22. The van der Waals surface area contributed by atoms with E-state index in [0.29, 0.717) is 5.92 Å². The van der Waals surface area contributed by atoms with Crippen LogP contribution >= 0.6 is 0 Å². The van der Waals surface area contributed by atoms with E-state index in [0.717, 1.165) is 24.1 Å². The number of nitrogens with two attached hydrogens (primary N) is 1. The molecule has 2 atom stereocenters. The SMILES string of the molecule is CCC(CC)C(C)NC(=O)Nc1cccc(C(C)N)c1. The maximum Gasteiger partial charge on any atom is 0.319 e. The van der Waals surface area contributed by atoms with E-state index in [-0.39, 0.29) is 18.1 Å². The first-order valence-corrected chi connectivity index (χ1v) is 7.40. The first kappa shape index (κ1) is 16.5. The Morgan fingerprint density at radius 1 is 1.25 bits per heavy atom. The Bertz CT molecular complexity index is 427. The third-order valence-electron chi connectivity index (χ3n) is 3.78. The first-order valence-electron chi connectivity index (χ1n) is 7.40. The van der Waals surface area contributed by atoms with E-state index in [1.54, 1.807) is 0 Å². The molecule has 4 nitrogen and oxygen atoms in total. The lowest BCUT2D eigenvalue weighted by Crippen LogP contribution is -2.40. The number of rotatable bonds is 6. The maximum atomic E-state index is 12.0. The lowest BCUT2D eigenvalue weighted by molar-refractivity contribution is 0.243. The fraction of sp³-hybridized carbons (Fsp3) is 0.562. The normalized spacial score (nSPS) is 13.9. The zero-order valence-electron chi connectivity index (χ0n) is 12.9. The number of nitrogens with one attached hydrogen (secondary N) is 2. The number of benzene rings is 1. The van der Waals surface area contributed by atoms with Crippen LogP contribution in [-0.4, -0.2) is 12.1 Å². The van der Waals surface area contributed by atoms with Crippen LogP contribution in [0, 0.1) is 5.92 Å². The molecule has 0 heterocycles. The van der Waals surface area contributed by atoms with Crippen molar-refractivity contribution < 1.29 is 4.79 Å². The molecule has 4 N–H and O–H groups in total. The van der Waals surface area contributed by atoms with Crippen molar-refractivity contribution in [2.75, 3.05) is 5.32 Å². The molecule has 0 saturated heterocycles. The van der Waals surface area contributed by atoms with Gasteiger partial charge in [-0.05, 0) is 37.5 Å². The number of anilines is 1. The number of carbonyl (C=O) groups excluding carboxylic acids is 1. The molecule has 2 unspecified atom stereocenters. The number of hydrogen-bond acceptors (Lipinski definition) is 2. The van der Waals surface area contributed by atoms with Gasteiger partial charge < -0.3 is 16.4 Å². The summed E-state index contributed by atoms with van der Waals surface area (Å²) in [5.74, 6) is 0.510. The molecule has 0 aliphatic rings. The molecule has 2 amide bonds. The van der Waals surface area contributed by atoms with E-state index in [1.165, 1.54) is 0 Å².